The Morgan fingerprint density at radius 3 is 1.92 bits per heavy atom. The van der Waals surface area contributed by atoms with Crippen LogP contribution in [0, 0.1) is 0 Å². The van der Waals surface area contributed by atoms with Crippen molar-refractivity contribution in [1.82, 2.24) is 0 Å². The number of oxime groups is 1. The van der Waals surface area contributed by atoms with Gasteiger partial charge in [0.2, 0.25) is 0 Å². The third-order valence-corrected chi connectivity index (χ3v) is 4.43. The monoisotopic (exact) mass is 335 g/mol. The smallest absolute Gasteiger partial charge is 0.125 e. The number of hydrogen-bond donors (Lipinski definition) is 3. The zero-order valence-electron chi connectivity index (χ0n) is 15.0. The first-order chi connectivity index (χ1) is 11.7. The van der Waals surface area contributed by atoms with Gasteiger partial charge in [-0.1, -0.05) is 76.3 Å². The fourth-order valence-corrected chi connectivity index (χ4v) is 2.95. The summed E-state index contributed by atoms with van der Waals surface area (Å²) < 4.78 is 0. The van der Waals surface area contributed by atoms with E-state index in [9.17, 15) is 10.2 Å². The molecule has 0 radical (unpaired) electrons. The zero-order chi connectivity index (χ0) is 17.6. The van der Waals surface area contributed by atoms with Crippen molar-refractivity contribution in [2.75, 3.05) is 0 Å². The topological polar surface area (TPSA) is 73.1 Å². The molecule has 0 aromatic heterocycles. The van der Waals surface area contributed by atoms with Gasteiger partial charge < -0.3 is 15.4 Å². The van der Waals surface area contributed by atoms with Gasteiger partial charge in [-0.25, -0.2) is 0 Å². The SMILES string of the molecule is CCCCCCCCCCCCC/C(=N\O)c1cc(O)ccc1O. The molecule has 1 aromatic carbocycles. The van der Waals surface area contributed by atoms with Crippen LogP contribution in [-0.2, 0) is 0 Å². The van der Waals surface area contributed by atoms with Crippen molar-refractivity contribution in [2.24, 2.45) is 5.16 Å². The summed E-state index contributed by atoms with van der Waals surface area (Å²) in [5, 5.41) is 31.7. The van der Waals surface area contributed by atoms with Gasteiger partial charge >= 0.3 is 0 Å². The Labute approximate surface area is 146 Å². The molecule has 0 fully saturated rings. The average molecular weight is 335 g/mol. The summed E-state index contributed by atoms with van der Waals surface area (Å²) in [6.07, 6.45) is 14.5. The van der Waals surface area contributed by atoms with Gasteiger partial charge in [-0.2, -0.15) is 0 Å². The van der Waals surface area contributed by atoms with Crippen molar-refractivity contribution in [2.45, 2.75) is 84.0 Å². The second kappa shape index (κ2) is 12.7. The standard InChI is InChI=1S/C20H33NO3/c1-2-3-4-5-6-7-8-9-10-11-12-13-19(21-24)18-16-17(22)14-15-20(18)23/h14-16,22-24H,2-13H2,1H3/b21-19+. The number of benzene rings is 1. The highest BCUT2D eigenvalue weighted by atomic mass is 16.4. The van der Waals surface area contributed by atoms with Gasteiger partial charge in [0.1, 0.15) is 11.5 Å². The van der Waals surface area contributed by atoms with Crippen LogP contribution >= 0.6 is 0 Å². The first-order valence-corrected chi connectivity index (χ1v) is 9.42. The summed E-state index contributed by atoms with van der Waals surface area (Å²) in [7, 11) is 0. The lowest BCUT2D eigenvalue weighted by molar-refractivity contribution is 0.317. The first-order valence-electron chi connectivity index (χ1n) is 9.42. The average Bonchev–Trinajstić information content (AvgIpc) is 2.58. The lowest BCUT2D eigenvalue weighted by Gasteiger charge is -2.08. The lowest BCUT2D eigenvalue weighted by atomic mass is 10.0. The van der Waals surface area contributed by atoms with Crippen molar-refractivity contribution >= 4 is 5.71 Å². The molecule has 0 saturated carbocycles. The minimum atomic E-state index is 0.0312. The van der Waals surface area contributed by atoms with Crippen LogP contribution in [0.5, 0.6) is 11.5 Å². The van der Waals surface area contributed by atoms with Gasteiger partial charge in [0.15, 0.2) is 0 Å². The van der Waals surface area contributed by atoms with Crippen LogP contribution in [0.1, 0.15) is 89.5 Å². The maximum atomic E-state index is 9.81. The Bertz CT molecular complexity index is 486. The fourth-order valence-electron chi connectivity index (χ4n) is 2.95. The predicted molar refractivity (Wildman–Crippen MR) is 99.2 cm³/mol. The highest BCUT2D eigenvalue weighted by Gasteiger charge is 2.10. The molecular weight excluding hydrogens is 302 g/mol. The van der Waals surface area contributed by atoms with Crippen LogP contribution in [0.15, 0.2) is 23.4 Å². The van der Waals surface area contributed by atoms with E-state index in [-0.39, 0.29) is 11.5 Å². The highest BCUT2D eigenvalue weighted by Crippen LogP contribution is 2.24. The zero-order valence-corrected chi connectivity index (χ0v) is 15.0. The Morgan fingerprint density at radius 1 is 0.833 bits per heavy atom. The number of phenols is 2. The van der Waals surface area contributed by atoms with E-state index in [1.165, 1.54) is 76.0 Å². The van der Waals surface area contributed by atoms with Crippen molar-refractivity contribution in [3.63, 3.8) is 0 Å². The molecule has 1 aromatic rings. The Morgan fingerprint density at radius 2 is 1.38 bits per heavy atom. The summed E-state index contributed by atoms with van der Waals surface area (Å²) in [5.41, 5.74) is 0.837. The number of phenolic OH excluding ortho intramolecular Hbond substituents is 2. The first kappa shape index (κ1) is 20.3. The third-order valence-electron chi connectivity index (χ3n) is 4.43. The summed E-state index contributed by atoms with van der Waals surface area (Å²) in [5.74, 6) is 0.0894. The van der Waals surface area contributed by atoms with E-state index in [0.29, 0.717) is 17.7 Å². The largest absolute Gasteiger partial charge is 0.508 e. The van der Waals surface area contributed by atoms with Crippen molar-refractivity contribution in [3.8, 4) is 11.5 Å². The second-order valence-corrected chi connectivity index (χ2v) is 6.53. The van der Waals surface area contributed by atoms with Crippen LogP contribution in [0.2, 0.25) is 0 Å². The molecule has 0 bridgehead atoms. The van der Waals surface area contributed by atoms with E-state index >= 15 is 0 Å². The Balaban J connectivity index is 2.12. The minimum Gasteiger partial charge on any atom is -0.508 e. The summed E-state index contributed by atoms with van der Waals surface area (Å²) in [4.78, 5) is 0. The maximum absolute atomic E-state index is 9.81. The molecule has 0 aliphatic heterocycles. The van der Waals surface area contributed by atoms with Gasteiger partial charge in [-0.05, 0) is 31.0 Å². The molecule has 0 heterocycles. The molecule has 0 atom stereocenters. The van der Waals surface area contributed by atoms with Gasteiger partial charge in [0, 0.05) is 5.56 Å². The van der Waals surface area contributed by atoms with E-state index in [1.54, 1.807) is 0 Å². The number of unbranched alkanes of at least 4 members (excludes halogenated alkanes) is 10. The summed E-state index contributed by atoms with van der Waals surface area (Å²) in [6, 6.07) is 4.26. The molecule has 4 heteroatoms. The molecular formula is C20H33NO3. The van der Waals surface area contributed by atoms with E-state index in [0.717, 1.165) is 12.8 Å². The van der Waals surface area contributed by atoms with Crippen molar-refractivity contribution in [1.29, 1.82) is 0 Å². The summed E-state index contributed by atoms with van der Waals surface area (Å²) in [6.45, 7) is 2.24. The van der Waals surface area contributed by atoms with Crippen LogP contribution < -0.4 is 0 Å². The van der Waals surface area contributed by atoms with Gasteiger partial charge in [0.05, 0.1) is 5.71 Å². The Kier molecular flexibility index (Phi) is 10.7. The molecule has 0 saturated heterocycles. The van der Waals surface area contributed by atoms with E-state index in [2.05, 4.69) is 12.1 Å². The van der Waals surface area contributed by atoms with Gasteiger partial charge in [-0.15, -0.1) is 0 Å². The molecule has 1 rings (SSSR count). The highest BCUT2D eigenvalue weighted by molar-refractivity contribution is 6.02. The maximum Gasteiger partial charge on any atom is 0.125 e. The molecule has 0 amide bonds. The van der Waals surface area contributed by atoms with E-state index < -0.39 is 0 Å². The number of rotatable bonds is 13. The van der Waals surface area contributed by atoms with Crippen LogP contribution in [0.4, 0.5) is 0 Å². The van der Waals surface area contributed by atoms with E-state index in [4.69, 9.17) is 5.21 Å². The van der Waals surface area contributed by atoms with Gasteiger partial charge in [-0.3, -0.25) is 0 Å². The Hall–Kier alpha value is -1.71. The van der Waals surface area contributed by atoms with Crippen molar-refractivity contribution < 1.29 is 15.4 Å². The molecule has 0 aliphatic carbocycles. The normalized spacial score (nSPS) is 11.8. The number of nitrogens with zero attached hydrogens (tertiary/aromatic N) is 1. The summed E-state index contributed by atoms with van der Waals surface area (Å²) >= 11 is 0. The van der Waals surface area contributed by atoms with Gasteiger partial charge in [0.25, 0.3) is 0 Å². The van der Waals surface area contributed by atoms with Crippen LogP contribution in [0.3, 0.4) is 0 Å². The lowest BCUT2D eigenvalue weighted by Crippen LogP contribution is -2.01. The van der Waals surface area contributed by atoms with E-state index in [1.807, 2.05) is 0 Å². The third kappa shape index (κ3) is 8.23. The number of aromatic hydroxyl groups is 2. The molecule has 0 spiro atoms. The molecule has 0 unspecified atom stereocenters. The molecule has 3 N–H and O–H groups in total. The fraction of sp³-hybridized carbons (Fsp3) is 0.650. The molecule has 136 valence electrons. The van der Waals surface area contributed by atoms with Crippen molar-refractivity contribution in [3.05, 3.63) is 23.8 Å². The van der Waals surface area contributed by atoms with Crippen LogP contribution in [-0.4, -0.2) is 21.1 Å². The quantitative estimate of drug-likeness (QED) is 0.136. The predicted octanol–water partition coefficient (Wildman–Crippen LogP) is 5.98. The molecule has 24 heavy (non-hydrogen) atoms. The number of hydrogen-bond acceptors (Lipinski definition) is 4. The molecule has 4 nitrogen and oxygen atoms in total. The van der Waals surface area contributed by atoms with Crippen LogP contribution in [0.25, 0.3) is 0 Å². The minimum absolute atomic E-state index is 0.0312. The molecule has 0 aliphatic rings. The second-order valence-electron chi connectivity index (χ2n) is 6.53.